The molecular weight excluding hydrogens is 258 g/mol. The molecule has 4 heteroatoms. The summed E-state index contributed by atoms with van der Waals surface area (Å²) >= 11 is 3.27. The molecule has 0 aromatic carbocycles. The largest absolute Gasteiger partial charge is 0.453 e. The summed E-state index contributed by atoms with van der Waals surface area (Å²) in [5.74, 6) is 0.932. The Balaban J connectivity index is 1.77. The number of nitrogens with one attached hydrogen (secondary N) is 1. The fourth-order valence-electron chi connectivity index (χ4n) is 2.04. The Morgan fingerprint density at radius 1 is 1.47 bits per heavy atom. The van der Waals surface area contributed by atoms with Crippen LogP contribution in [0.2, 0.25) is 0 Å². The van der Waals surface area contributed by atoms with Gasteiger partial charge in [-0.05, 0) is 53.7 Å². The van der Waals surface area contributed by atoms with Gasteiger partial charge in [-0.15, -0.1) is 0 Å². The minimum atomic E-state index is -0.125. The molecule has 1 fully saturated rings. The molecule has 15 heavy (non-hydrogen) atoms. The van der Waals surface area contributed by atoms with Crippen LogP contribution >= 0.6 is 15.9 Å². The number of halogens is 1. The zero-order chi connectivity index (χ0) is 10.7. The number of aliphatic hydroxyl groups is 1. The summed E-state index contributed by atoms with van der Waals surface area (Å²) in [6, 6.07) is 4.28. The van der Waals surface area contributed by atoms with Crippen molar-refractivity contribution < 1.29 is 9.52 Å². The minimum Gasteiger partial charge on any atom is -0.453 e. The van der Waals surface area contributed by atoms with E-state index in [0.29, 0.717) is 6.04 Å². The van der Waals surface area contributed by atoms with Crippen LogP contribution in [-0.4, -0.2) is 17.3 Å². The highest BCUT2D eigenvalue weighted by molar-refractivity contribution is 9.10. The summed E-state index contributed by atoms with van der Waals surface area (Å²) < 4.78 is 6.16. The van der Waals surface area contributed by atoms with Crippen LogP contribution in [-0.2, 0) is 6.54 Å². The van der Waals surface area contributed by atoms with E-state index in [2.05, 4.69) is 21.2 Å². The van der Waals surface area contributed by atoms with Crippen molar-refractivity contribution >= 4 is 15.9 Å². The van der Waals surface area contributed by atoms with Crippen LogP contribution in [0.5, 0.6) is 0 Å². The van der Waals surface area contributed by atoms with E-state index >= 15 is 0 Å². The summed E-state index contributed by atoms with van der Waals surface area (Å²) in [5, 5.41) is 12.9. The van der Waals surface area contributed by atoms with Gasteiger partial charge in [0.15, 0.2) is 4.67 Å². The molecule has 0 aliphatic heterocycles. The predicted molar refractivity (Wildman–Crippen MR) is 61.5 cm³/mol. The molecule has 2 atom stereocenters. The minimum absolute atomic E-state index is 0.125. The van der Waals surface area contributed by atoms with Gasteiger partial charge in [0.25, 0.3) is 0 Å². The molecule has 1 heterocycles. The van der Waals surface area contributed by atoms with Gasteiger partial charge in [0.05, 0.1) is 12.6 Å². The van der Waals surface area contributed by atoms with Gasteiger partial charge >= 0.3 is 0 Å². The highest BCUT2D eigenvalue weighted by atomic mass is 79.9. The Morgan fingerprint density at radius 3 is 3.00 bits per heavy atom. The highest BCUT2D eigenvalue weighted by Crippen LogP contribution is 2.19. The molecule has 0 spiro atoms. The van der Waals surface area contributed by atoms with Gasteiger partial charge in [-0.25, -0.2) is 0 Å². The summed E-state index contributed by atoms with van der Waals surface area (Å²) in [5.41, 5.74) is 0. The monoisotopic (exact) mass is 273 g/mol. The van der Waals surface area contributed by atoms with Crippen LogP contribution in [0.25, 0.3) is 0 Å². The van der Waals surface area contributed by atoms with E-state index in [4.69, 9.17) is 4.42 Å². The Kier molecular flexibility index (Phi) is 3.83. The number of hydrogen-bond donors (Lipinski definition) is 2. The van der Waals surface area contributed by atoms with E-state index in [9.17, 15) is 5.11 Å². The fraction of sp³-hybridized carbons (Fsp3) is 0.636. The molecular formula is C11H16BrNO2. The van der Waals surface area contributed by atoms with Crippen molar-refractivity contribution in [1.29, 1.82) is 0 Å². The number of rotatable bonds is 3. The average Bonchev–Trinajstić information content (AvgIpc) is 2.62. The van der Waals surface area contributed by atoms with Crippen molar-refractivity contribution in [3.63, 3.8) is 0 Å². The molecule has 1 saturated carbocycles. The van der Waals surface area contributed by atoms with Crippen LogP contribution in [0.3, 0.4) is 0 Å². The maximum Gasteiger partial charge on any atom is 0.169 e. The second-order valence-electron chi connectivity index (χ2n) is 4.10. The second-order valence-corrected chi connectivity index (χ2v) is 4.89. The van der Waals surface area contributed by atoms with Gasteiger partial charge in [-0.3, -0.25) is 0 Å². The molecule has 1 aliphatic rings. The van der Waals surface area contributed by atoms with Gasteiger partial charge < -0.3 is 14.8 Å². The standard InChI is InChI=1S/C11H16BrNO2/c12-11-5-4-10(15-11)7-13-8-2-1-3-9(14)6-8/h4-5,8-9,13-14H,1-3,6-7H2. The lowest BCUT2D eigenvalue weighted by Crippen LogP contribution is -2.35. The quantitative estimate of drug-likeness (QED) is 0.889. The van der Waals surface area contributed by atoms with Crippen LogP contribution in [0.4, 0.5) is 0 Å². The maximum atomic E-state index is 9.51. The van der Waals surface area contributed by atoms with E-state index in [1.165, 1.54) is 0 Å². The van der Waals surface area contributed by atoms with Gasteiger partial charge in [0.1, 0.15) is 5.76 Å². The first-order valence-electron chi connectivity index (χ1n) is 5.39. The Hall–Kier alpha value is -0.320. The zero-order valence-electron chi connectivity index (χ0n) is 8.58. The Bertz CT molecular complexity index is 313. The van der Waals surface area contributed by atoms with Crippen LogP contribution in [0, 0.1) is 0 Å². The summed E-state index contributed by atoms with van der Waals surface area (Å²) in [6.07, 6.45) is 3.95. The fourth-order valence-corrected chi connectivity index (χ4v) is 2.38. The SMILES string of the molecule is OC1CCCC(NCc2ccc(Br)o2)C1. The van der Waals surface area contributed by atoms with Crippen molar-refractivity contribution in [2.45, 2.75) is 44.4 Å². The van der Waals surface area contributed by atoms with Crippen molar-refractivity contribution in [2.75, 3.05) is 0 Å². The van der Waals surface area contributed by atoms with E-state index < -0.39 is 0 Å². The first-order valence-corrected chi connectivity index (χ1v) is 6.19. The van der Waals surface area contributed by atoms with Crippen molar-refractivity contribution in [2.24, 2.45) is 0 Å². The summed E-state index contributed by atoms with van der Waals surface area (Å²) in [7, 11) is 0. The molecule has 0 saturated heterocycles. The van der Waals surface area contributed by atoms with Gasteiger partial charge in [-0.2, -0.15) is 0 Å². The Labute approximate surface area is 98.0 Å². The van der Waals surface area contributed by atoms with Crippen molar-refractivity contribution in [3.05, 3.63) is 22.6 Å². The first-order chi connectivity index (χ1) is 7.24. The zero-order valence-corrected chi connectivity index (χ0v) is 10.2. The normalized spacial score (nSPS) is 26.8. The van der Waals surface area contributed by atoms with Gasteiger partial charge in [0.2, 0.25) is 0 Å². The Morgan fingerprint density at radius 2 is 2.33 bits per heavy atom. The molecule has 1 aromatic rings. The summed E-state index contributed by atoms with van der Waals surface area (Å²) in [4.78, 5) is 0. The number of furan rings is 1. The van der Waals surface area contributed by atoms with E-state index in [1.54, 1.807) is 0 Å². The molecule has 0 bridgehead atoms. The third-order valence-electron chi connectivity index (χ3n) is 2.84. The molecule has 1 aliphatic carbocycles. The molecule has 0 amide bonds. The van der Waals surface area contributed by atoms with Crippen molar-refractivity contribution in [1.82, 2.24) is 5.32 Å². The van der Waals surface area contributed by atoms with Gasteiger partial charge in [-0.1, -0.05) is 0 Å². The molecule has 3 nitrogen and oxygen atoms in total. The number of aliphatic hydroxyl groups excluding tert-OH is 1. The third-order valence-corrected chi connectivity index (χ3v) is 3.27. The predicted octanol–water partition coefficient (Wildman–Crippen LogP) is 2.44. The highest BCUT2D eigenvalue weighted by Gasteiger charge is 2.19. The van der Waals surface area contributed by atoms with E-state index in [1.807, 2.05) is 12.1 Å². The van der Waals surface area contributed by atoms with Crippen LogP contribution < -0.4 is 5.32 Å². The molecule has 2 unspecified atom stereocenters. The number of hydrogen-bond acceptors (Lipinski definition) is 3. The smallest absolute Gasteiger partial charge is 0.169 e. The second kappa shape index (κ2) is 5.14. The van der Waals surface area contributed by atoms with Crippen LogP contribution in [0.1, 0.15) is 31.4 Å². The van der Waals surface area contributed by atoms with Gasteiger partial charge in [0, 0.05) is 6.04 Å². The first kappa shape index (κ1) is 11.2. The lowest BCUT2D eigenvalue weighted by Gasteiger charge is -2.26. The summed E-state index contributed by atoms with van der Waals surface area (Å²) in [6.45, 7) is 0.739. The van der Waals surface area contributed by atoms with E-state index in [0.717, 1.165) is 42.7 Å². The molecule has 2 N–H and O–H groups in total. The third kappa shape index (κ3) is 3.33. The molecule has 0 radical (unpaired) electrons. The van der Waals surface area contributed by atoms with E-state index in [-0.39, 0.29) is 6.10 Å². The molecule has 1 aromatic heterocycles. The topological polar surface area (TPSA) is 45.4 Å². The molecule has 2 rings (SSSR count). The molecule has 84 valence electrons. The average molecular weight is 274 g/mol. The van der Waals surface area contributed by atoms with Crippen molar-refractivity contribution in [3.8, 4) is 0 Å². The van der Waals surface area contributed by atoms with Crippen LogP contribution in [0.15, 0.2) is 21.2 Å². The maximum absolute atomic E-state index is 9.51. The lowest BCUT2D eigenvalue weighted by molar-refractivity contribution is 0.111. The lowest BCUT2D eigenvalue weighted by atomic mass is 9.93.